The molecule has 0 fully saturated rings. The van der Waals surface area contributed by atoms with Crippen molar-refractivity contribution in [2.24, 2.45) is 0 Å². The summed E-state index contributed by atoms with van der Waals surface area (Å²) in [6, 6.07) is 0. The van der Waals surface area contributed by atoms with Crippen molar-refractivity contribution in [3.05, 3.63) is 15.8 Å². The van der Waals surface area contributed by atoms with Gasteiger partial charge in [-0.1, -0.05) is 0 Å². The minimum atomic E-state index is -0.471. The number of rotatable bonds is 7. The number of carbonyl (C=O) groups is 1. The van der Waals surface area contributed by atoms with Crippen molar-refractivity contribution in [1.82, 2.24) is 9.78 Å². The van der Waals surface area contributed by atoms with E-state index in [2.05, 4.69) is 10.4 Å². The van der Waals surface area contributed by atoms with E-state index in [1.54, 1.807) is 13.8 Å². The van der Waals surface area contributed by atoms with Crippen molar-refractivity contribution < 1.29 is 14.5 Å². The van der Waals surface area contributed by atoms with Crippen LogP contribution in [0.15, 0.2) is 0 Å². The van der Waals surface area contributed by atoms with Crippen LogP contribution in [0.5, 0.6) is 0 Å². The molecule has 19 heavy (non-hydrogen) atoms. The Balaban J connectivity index is 2.76. The van der Waals surface area contributed by atoms with Gasteiger partial charge in [0, 0.05) is 13.1 Å². The molecule has 1 rings (SSSR count). The normalized spacial score (nSPS) is 10.3. The summed E-state index contributed by atoms with van der Waals surface area (Å²) in [5.74, 6) is -0.00811. The maximum Gasteiger partial charge on any atom is 0.333 e. The van der Waals surface area contributed by atoms with Crippen molar-refractivity contribution in [3.63, 3.8) is 0 Å². The zero-order valence-corrected chi connectivity index (χ0v) is 11.3. The molecule has 0 atom stereocenters. The fourth-order valence-electron chi connectivity index (χ4n) is 1.71. The number of hydrogen-bond acceptors (Lipinski definition) is 6. The summed E-state index contributed by atoms with van der Waals surface area (Å²) in [6.45, 7) is 6.26. The van der Waals surface area contributed by atoms with Crippen LogP contribution >= 0.6 is 0 Å². The molecule has 0 aliphatic rings. The van der Waals surface area contributed by atoms with E-state index in [-0.39, 0.29) is 24.6 Å². The number of aryl methyl sites for hydroxylation is 2. The first kappa shape index (κ1) is 14.9. The van der Waals surface area contributed by atoms with E-state index >= 15 is 0 Å². The minimum Gasteiger partial charge on any atom is -0.466 e. The SMILES string of the molecule is CCOC(=O)CCNc1c([N+](=O)[O-])c(C)nn1CC. The molecule has 1 aromatic heterocycles. The maximum absolute atomic E-state index is 11.2. The Morgan fingerprint density at radius 2 is 2.21 bits per heavy atom. The third kappa shape index (κ3) is 3.67. The number of anilines is 1. The van der Waals surface area contributed by atoms with E-state index in [1.165, 1.54) is 4.68 Å². The molecule has 8 heteroatoms. The largest absolute Gasteiger partial charge is 0.466 e. The Bertz CT molecular complexity index is 470. The van der Waals surface area contributed by atoms with Crippen LogP contribution in [-0.4, -0.2) is 33.8 Å². The van der Waals surface area contributed by atoms with Crippen LogP contribution in [0.4, 0.5) is 11.5 Å². The molecule has 106 valence electrons. The van der Waals surface area contributed by atoms with Crippen LogP contribution in [-0.2, 0) is 16.1 Å². The summed E-state index contributed by atoms with van der Waals surface area (Å²) < 4.78 is 6.30. The van der Waals surface area contributed by atoms with Gasteiger partial charge in [0.1, 0.15) is 5.69 Å². The number of aromatic nitrogens is 2. The summed E-state index contributed by atoms with van der Waals surface area (Å²) >= 11 is 0. The van der Waals surface area contributed by atoms with Crippen LogP contribution in [0.1, 0.15) is 26.0 Å². The standard InChI is InChI=1S/C11H18N4O4/c1-4-14-11(10(15(17)18)8(3)13-14)12-7-6-9(16)19-5-2/h12H,4-7H2,1-3H3. The van der Waals surface area contributed by atoms with Gasteiger partial charge in [0.05, 0.1) is 18.0 Å². The fourth-order valence-corrected chi connectivity index (χ4v) is 1.71. The van der Waals surface area contributed by atoms with Gasteiger partial charge in [-0.15, -0.1) is 0 Å². The Morgan fingerprint density at radius 1 is 1.53 bits per heavy atom. The van der Waals surface area contributed by atoms with E-state index in [4.69, 9.17) is 4.74 Å². The Kier molecular flexibility index (Phi) is 5.28. The lowest BCUT2D eigenvalue weighted by Gasteiger charge is -2.07. The molecule has 1 N–H and O–H groups in total. The van der Waals surface area contributed by atoms with Crippen molar-refractivity contribution in [2.75, 3.05) is 18.5 Å². The highest BCUT2D eigenvalue weighted by Crippen LogP contribution is 2.27. The zero-order chi connectivity index (χ0) is 14.4. The van der Waals surface area contributed by atoms with Gasteiger partial charge < -0.3 is 10.1 Å². The van der Waals surface area contributed by atoms with Gasteiger partial charge in [-0.2, -0.15) is 5.10 Å². The van der Waals surface area contributed by atoms with Crippen molar-refractivity contribution >= 4 is 17.5 Å². The topological polar surface area (TPSA) is 99.3 Å². The van der Waals surface area contributed by atoms with Crippen LogP contribution in [0, 0.1) is 17.0 Å². The molecule has 0 aromatic carbocycles. The van der Waals surface area contributed by atoms with Gasteiger partial charge in [0.15, 0.2) is 0 Å². The summed E-state index contributed by atoms with van der Waals surface area (Å²) in [7, 11) is 0. The molecular formula is C11H18N4O4. The predicted molar refractivity (Wildman–Crippen MR) is 69.0 cm³/mol. The first-order valence-electron chi connectivity index (χ1n) is 6.12. The highest BCUT2D eigenvalue weighted by molar-refractivity contribution is 5.70. The number of nitrogens with zero attached hydrogens (tertiary/aromatic N) is 3. The molecule has 1 heterocycles. The van der Waals surface area contributed by atoms with Crippen LogP contribution in [0.25, 0.3) is 0 Å². The van der Waals surface area contributed by atoms with Crippen LogP contribution < -0.4 is 5.32 Å². The average molecular weight is 270 g/mol. The van der Waals surface area contributed by atoms with Crippen LogP contribution in [0.2, 0.25) is 0 Å². The highest BCUT2D eigenvalue weighted by Gasteiger charge is 2.24. The molecule has 0 spiro atoms. The van der Waals surface area contributed by atoms with Gasteiger partial charge in [0.2, 0.25) is 5.82 Å². The molecule has 0 bridgehead atoms. The van der Waals surface area contributed by atoms with Gasteiger partial charge in [-0.3, -0.25) is 14.9 Å². The smallest absolute Gasteiger partial charge is 0.333 e. The summed E-state index contributed by atoms with van der Waals surface area (Å²) in [5.41, 5.74) is 0.302. The quantitative estimate of drug-likeness (QED) is 0.457. The number of ether oxygens (including phenoxy) is 1. The van der Waals surface area contributed by atoms with Gasteiger partial charge in [-0.25, -0.2) is 4.68 Å². The van der Waals surface area contributed by atoms with Gasteiger partial charge >= 0.3 is 11.7 Å². The molecule has 0 amide bonds. The summed E-state index contributed by atoms with van der Waals surface area (Å²) in [6.07, 6.45) is 0.152. The second-order valence-corrected chi connectivity index (χ2v) is 3.84. The number of hydrogen-bond donors (Lipinski definition) is 1. The first-order valence-corrected chi connectivity index (χ1v) is 6.12. The molecule has 0 aliphatic heterocycles. The van der Waals surface area contributed by atoms with Crippen molar-refractivity contribution in [3.8, 4) is 0 Å². The number of nitro groups is 1. The second kappa shape index (κ2) is 6.72. The average Bonchev–Trinajstić information content (AvgIpc) is 2.66. The van der Waals surface area contributed by atoms with E-state index < -0.39 is 4.92 Å². The Labute approximate surface area is 110 Å². The van der Waals surface area contributed by atoms with E-state index in [0.29, 0.717) is 24.7 Å². The Morgan fingerprint density at radius 3 is 2.74 bits per heavy atom. The lowest BCUT2D eigenvalue weighted by atomic mass is 10.3. The lowest BCUT2D eigenvalue weighted by molar-refractivity contribution is -0.384. The maximum atomic E-state index is 11.2. The minimum absolute atomic E-state index is 0.0503. The lowest BCUT2D eigenvalue weighted by Crippen LogP contribution is -2.14. The molecule has 0 saturated heterocycles. The first-order chi connectivity index (χ1) is 9.01. The molecule has 0 radical (unpaired) electrons. The number of esters is 1. The molecule has 0 unspecified atom stereocenters. The number of nitrogens with one attached hydrogen (secondary N) is 1. The van der Waals surface area contributed by atoms with Crippen molar-refractivity contribution in [2.45, 2.75) is 33.7 Å². The van der Waals surface area contributed by atoms with Gasteiger partial charge in [0.25, 0.3) is 0 Å². The zero-order valence-electron chi connectivity index (χ0n) is 11.3. The predicted octanol–water partition coefficient (Wildman–Crippen LogP) is 1.48. The van der Waals surface area contributed by atoms with E-state index in [0.717, 1.165) is 0 Å². The van der Waals surface area contributed by atoms with E-state index in [9.17, 15) is 14.9 Å². The van der Waals surface area contributed by atoms with E-state index in [1.807, 2.05) is 6.92 Å². The third-order valence-corrected chi connectivity index (χ3v) is 2.50. The molecule has 0 saturated carbocycles. The summed E-state index contributed by atoms with van der Waals surface area (Å²) in [4.78, 5) is 21.7. The molecule has 0 aliphatic carbocycles. The molecule has 1 aromatic rings. The number of carbonyl (C=O) groups excluding carboxylic acids is 1. The third-order valence-electron chi connectivity index (χ3n) is 2.50. The van der Waals surface area contributed by atoms with Crippen LogP contribution in [0.3, 0.4) is 0 Å². The second-order valence-electron chi connectivity index (χ2n) is 3.84. The fraction of sp³-hybridized carbons (Fsp3) is 0.636. The highest BCUT2D eigenvalue weighted by atomic mass is 16.6. The van der Waals surface area contributed by atoms with Gasteiger partial charge in [-0.05, 0) is 20.8 Å². The summed E-state index contributed by atoms with van der Waals surface area (Å²) in [5, 5.41) is 18.0. The monoisotopic (exact) mass is 270 g/mol. The molecule has 8 nitrogen and oxygen atoms in total. The Hall–Kier alpha value is -2.12. The molecular weight excluding hydrogens is 252 g/mol. The van der Waals surface area contributed by atoms with Crippen molar-refractivity contribution in [1.29, 1.82) is 0 Å².